The van der Waals surface area contributed by atoms with Crippen LogP contribution < -0.4 is 4.90 Å². The van der Waals surface area contributed by atoms with Gasteiger partial charge in [0.05, 0.1) is 11.0 Å². The summed E-state index contributed by atoms with van der Waals surface area (Å²) in [5, 5.41) is 9.82. The molecule has 0 spiro atoms. The average Bonchev–Trinajstić information content (AvgIpc) is 3.85. The molecule has 234 valence electrons. The molecule has 0 aliphatic rings. The molecule has 0 radical (unpaired) electrons. The molecule has 0 unspecified atom stereocenters. The summed E-state index contributed by atoms with van der Waals surface area (Å²) < 4.78 is 11.3. The highest BCUT2D eigenvalue weighted by Gasteiger charge is 2.19. The lowest BCUT2D eigenvalue weighted by Gasteiger charge is -2.26. The highest BCUT2D eigenvalue weighted by Crippen LogP contribution is 2.43. The monoisotopic (exact) mass is 656 g/mol. The van der Waals surface area contributed by atoms with E-state index in [1.165, 1.54) is 52.8 Å². The van der Waals surface area contributed by atoms with Gasteiger partial charge in [0, 0.05) is 69.9 Å². The molecule has 11 aromatic rings. The van der Waals surface area contributed by atoms with Crippen LogP contribution in [0.5, 0.6) is 0 Å². The third-order valence-corrected chi connectivity index (χ3v) is 11.3. The molecule has 0 aliphatic heterocycles. The summed E-state index contributed by atoms with van der Waals surface area (Å²) in [6.07, 6.45) is 0. The van der Waals surface area contributed by atoms with Crippen LogP contribution in [0.15, 0.2) is 174 Å². The van der Waals surface area contributed by atoms with Crippen molar-refractivity contribution in [3.05, 3.63) is 170 Å². The van der Waals surface area contributed by atoms with Crippen molar-refractivity contribution in [2.24, 2.45) is 0 Å². The number of benzene rings is 8. The number of thiophene rings is 1. The first-order chi connectivity index (χ1) is 24.8. The molecule has 8 aromatic carbocycles. The van der Waals surface area contributed by atoms with Crippen LogP contribution in [0.2, 0.25) is 0 Å². The van der Waals surface area contributed by atoms with Gasteiger partial charge in [-0.1, -0.05) is 91.0 Å². The van der Waals surface area contributed by atoms with Crippen LogP contribution in [0.25, 0.3) is 80.4 Å². The predicted molar refractivity (Wildman–Crippen MR) is 213 cm³/mol. The first-order valence-corrected chi connectivity index (χ1v) is 17.7. The quantitative estimate of drug-likeness (QED) is 0.188. The zero-order chi connectivity index (χ0) is 32.8. The minimum absolute atomic E-state index is 0.892. The maximum absolute atomic E-state index is 6.23. The van der Waals surface area contributed by atoms with Crippen LogP contribution in [-0.2, 0) is 0 Å². The second kappa shape index (κ2) is 10.6. The topological polar surface area (TPSA) is 21.3 Å². The summed E-state index contributed by atoms with van der Waals surface area (Å²) >= 11 is 1.85. The standard InChI is InChI=1S/C46H28N2OS/c1-2-10-34-29(9-1)17-24-38-35-11-3-6-14-41(35)48(46(34)38)31-20-18-30(19-21-31)47(32-22-25-43-39(27-32)36-12-4-7-15-42(36)49-43)33-23-26-45-40(28-33)37-13-5-8-16-44(37)50-45/h1-28H. The Hall–Kier alpha value is -6.36. The number of rotatable bonds is 4. The van der Waals surface area contributed by atoms with E-state index >= 15 is 0 Å². The average molecular weight is 657 g/mol. The number of hydrogen-bond donors (Lipinski definition) is 0. The number of hydrogen-bond acceptors (Lipinski definition) is 3. The van der Waals surface area contributed by atoms with E-state index in [9.17, 15) is 0 Å². The Morgan fingerprint density at radius 1 is 0.420 bits per heavy atom. The lowest BCUT2D eigenvalue weighted by Crippen LogP contribution is -2.10. The van der Waals surface area contributed by atoms with Crippen LogP contribution in [0.1, 0.15) is 0 Å². The molecule has 0 amide bonds. The lowest BCUT2D eigenvalue weighted by molar-refractivity contribution is 0.669. The van der Waals surface area contributed by atoms with Gasteiger partial charge in [0.25, 0.3) is 0 Å². The van der Waals surface area contributed by atoms with Crippen molar-refractivity contribution >= 4 is 103 Å². The van der Waals surface area contributed by atoms with Crippen molar-refractivity contribution in [2.75, 3.05) is 4.90 Å². The number of anilines is 3. The van der Waals surface area contributed by atoms with Crippen LogP contribution in [0, 0.1) is 0 Å². The van der Waals surface area contributed by atoms with Gasteiger partial charge in [0.1, 0.15) is 11.2 Å². The Morgan fingerprint density at radius 3 is 1.94 bits per heavy atom. The molecule has 3 aromatic heterocycles. The smallest absolute Gasteiger partial charge is 0.135 e. The van der Waals surface area contributed by atoms with Gasteiger partial charge in [-0.05, 0) is 84.2 Å². The highest BCUT2D eigenvalue weighted by molar-refractivity contribution is 7.25. The van der Waals surface area contributed by atoms with Gasteiger partial charge in [0.15, 0.2) is 0 Å². The van der Waals surface area contributed by atoms with Gasteiger partial charge in [-0.15, -0.1) is 11.3 Å². The van der Waals surface area contributed by atoms with Gasteiger partial charge in [-0.2, -0.15) is 0 Å². The maximum Gasteiger partial charge on any atom is 0.135 e. The third-order valence-electron chi connectivity index (χ3n) is 10.2. The van der Waals surface area contributed by atoms with E-state index in [-0.39, 0.29) is 0 Å². The first-order valence-electron chi connectivity index (χ1n) is 16.9. The third kappa shape index (κ3) is 4.03. The SMILES string of the molecule is c1ccc2c(c1)ccc1c3ccccc3n(-c3ccc(N(c4ccc5oc6ccccc6c5c4)c4ccc5sc6ccccc6c5c4)cc3)c21. The van der Waals surface area contributed by atoms with Crippen molar-refractivity contribution < 1.29 is 4.42 Å². The molecule has 0 saturated carbocycles. The second-order valence-corrected chi connectivity index (χ2v) is 14.0. The van der Waals surface area contributed by atoms with Crippen LogP contribution in [-0.4, -0.2) is 4.57 Å². The fourth-order valence-corrected chi connectivity index (χ4v) is 8.99. The van der Waals surface area contributed by atoms with Gasteiger partial charge in [-0.3, -0.25) is 0 Å². The maximum atomic E-state index is 6.23. The molecular weight excluding hydrogens is 629 g/mol. The first kappa shape index (κ1) is 27.6. The van der Waals surface area contributed by atoms with Gasteiger partial charge in [-0.25, -0.2) is 0 Å². The zero-order valence-corrected chi connectivity index (χ0v) is 27.7. The number of nitrogens with zero attached hydrogens (tertiary/aromatic N) is 2. The molecular formula is C46H28N2OS. The van der Waals surface area contributed by atoms with E-state index in [1.54, 1.807) is 0 Å². The largest absolute Gasteiger partial charge is 0.456 e. The van der Waals surface area contributed by atoms with Gasteiger partial charge < -0.3 is 13.9 Å². The minimum atomic E-state index is 0.892. The molecule has 50 heavy (non-hydrogen) atoms. The molecule has 11 rings (SSSR count). The molecule has 3 nitrogen and oxygen atoms in total. The fraction of sp³-hybridized carbons (Fsp3) is 0. The van der Waals surface area contributed by atoms with E-state index in [0.29, 0.717) is 0 Å². The molecule has 3 heterocycles. The normalized spacial score (nSPS) is 12.0. The summed E-state index contributed by atoms with van der Waals surface area (Å²) in [5.41, 5.74) is 8.65. The van der Waals surface area contributed by atoms with Crippen molar-refractivity contribution in [3.8, 4) is 5.69 Å². The van der Waals surface area contributed by atoms with Crippen molar-refractivity contribution in [1.29, 1.82) is 0 Å². The number of furan rings is 1. The van der Waals surface area contributed by atoms with E-state index in [2.05, 4.69) is 167 Å². The summed E-state index contributed by atoms with van der Waals surface area (Å²) in [5.74, 6) is 0. The van der Waals surface area contributed by atoms with E-state index in [0.717, 1.165) is 44.7 Å². The van der Waals surface area contributed by atoms with Gasteiger partial charge >= 0.3 is 0 Å². The Kier molecular flexibility index (Phi) is 5.83. The summed E-state index contributed by atoms with van der Waals surface area (Å²) in [6.45, 7) is 0. The lowest BCUT2D eigenvalue weighted by atomic mass is 10.1. The van der Waals surface area contributed by atoms with Crippen molar-refractivity contribution in [3.63, 3.8) is 0 Å². The Balaban J connectivity index is 1.13. The van der Waals surface area contributed by atoms with Gasteiger partial charge in [0.2, 0.25) is 0 Å². The minimum Gasteiger partial charge on any atom is -0.456 e. The number of para-hydroxylation sites is 2. The fourth-order valence-electron chi connectivity index (χ4n) is 7.90. The summed E-state index contributed by atoms with van der Waals surface area (Å²) in [6, 6.07) is 61.4. The molecule has 0 saturated heterocycles. The van der Waals surface area contributed by atoms with Crippen molar-refractivity contribution in [2.45, 2.75) is 0 Å². The Labute approximate surface area is 291 Å². The Bertz CT molecular complexity index is 2990. The highest BCUT2D eigenvalue weighted by atomic mass is 32.1. The molecule has 0 aliphatic carbocycles. The number of fused-ring (bicyclic) bond motifs is 11. The Morgan fingerprint density at radius 2 is 1.06 bits per heavy atom. The molecule has 0 atom stereocenters. The molecule has 0 N–H and O–H groups in total. The zero-order valence-electron chi connectivity index (χ0n) is 26.9. The summed E-state index contributed by atoms with van der Waals surface area (Å²) in [4.78, 5) is 2.37. The van der Waals surface area contributed by atoms with Crippen LogP contribution in [0.4, 0.5) is 17.1 Å². The molecule has 0 fully saturated rings. The van der Waals surface area contributed by atoms with Crippen molar-refractivity contribution in [1.82, 2.24) is 4.57 Å². The summed E-state index contributed by atoms with van der Waals surface area (Å²) in [7, 11) is 0. The van der Waals surface area contributed by atoms with E-state index in [4.69, 9.17) is 4.42 Å². The second-order valence-electron chi connectivity index (χ2n) is 12.9. The molecule has 0 bridgehead atoms. The predicted octanol–water partition coefficient (Wildman–Crippen LogP) is 13.7. The molecule has 4 heteroatoms. The number of aromatic nitrogens is 1. The van der Waals surface area contributed by atoms with E-state index < -0.39 is 0 Å². The van der Waals surface area contributed by atoms with Crippen LogP contribution >= 0.6 is 11.3 Å². The van der Waals surface area contributed by atoms with E-state index in [1.807, 2.05) is 23.5 Å². The van der Waals surface area contributed by atoms with Crippen LogP contribution in [0.3, 0.4) is 0 Å².